The zero-order valence-electron chi connectivity index (χ0n) is 19.8. The summed E-state index contributed by atoms with van der Waals surface area (Å²) in [6, 6.07) is 10.9. The van der Waals surface area contributed by atoms with Crippen LogP contribution in [0.5, 0.6) is 23.0 Å². The van der Waals surface area contributed by atoms with Gasteiger partial charge in [0.05, 0.1) is 41.5 Å². The molecule has 0 atom stereocenters. The average molecular weight is 517 g/mol. The lowest BCUT2D eigenvalue weighted by atomic mass is 10.2. The van der Waals surface area contributed by atoms with Crippen molar-refractivity contribution in [2.75, 3.05) is 28.4 Å². The maximum absolute atomic E-state index is 8.74. The molecule has 15 heteroatoms. The fraction of sp³-hybridized carbons (Fsp3) is 0.300. The Bertz CT molecular complexity index is 1010. The van der Waals surface area contributed by atoms with Gasteiger partial charge in [-0.2, -0.15) is 8.42 Å². The number of guanidine groups is 2. The van der Waals surface area contributed by atoms with Crippen molar-refractivity contribution in [3.8, 4) is 23.0 Å². The highest BCUT2D eigenvalue weighted by molar-refractivity contribution is 7.79. The van der Waals surface area contributed by atoms with Crippen molar-refractivity contribution in [2.45, 2.75) is 13.1 Å². The van der Waals surface area contributed by atoms with Gasteiger partial charge in [0.15, 0.2) is 11.9 Å². The molecule has 0 aliphatic rings. The van der Waals surface area contributed by atoms with Crippen LogP contribution in [-0.2, 0) is 23.5 Å². The largest absolute Gasteiger partial charge is 0.497 e. The van der Waals surface area contributed by atoms with Crippen LogP contribution in [0, 0.1) is 0 Å². The minimum absolute atomic E-state index is 0.0554. The van der Waals surface area contributed by atoms with Crippen LogP contribution in [0.1, 0.15) is 11.1 Å². The Morgan fingerprint density at radius 3 is 1.26 bits per heavy atom. The maximum Gasteiger partial charge on any atom is 0.394 e. The fourth-order valence-corrected chi connectivity index (χ4v) is 2.36. The minimum Gasteiger partial charge on any atom is -0.497 e. The third-order valence-electron chi connectivity index (χ3n) is 3.84. The number of nitrogens with two attached hydrogens (primary N) is 4. The Labute approximate surface area is 204 Å². The number of nitrogens with zero attached hydrogens (tertiary/aromatic N) is 2. The van der Waals surface area contributed by atoms with Gasteiger partial charge in [-0.05, 0) is 36.4 Å². The molecule has 2 aromatic carbocycles. The van der Waals surface area contributed by atoms with Gasteiger partial charge < -0.3 is 41.9 Å². The highest BCUT2D eigenvalue weighted by Crippen LogP contribution is 2.25. The van der Waals surface area contributed by atoms with Crippen LogP contribution < -0.4 is 41.9 Å². The Kier molecular flexibility index (Phi) is 14.0. The van der Waals surface area contributed by atoms with E-state index < -0.39 is 10.4 Å². The third-order valence-corrected chi connectivity index (χ3v) is 3.84. The van der Waals surface area contributed by atoms with Crippen LogP contribution >= 0.6 is 0 Å². The molecule has 14 nitrogen and oxygen atoms in total. The first kappa shape index (κ1) is 31.0. The molecule has 10 N–H and O–H groups in total. The first-order chi connectivity index (χ1) is 16.3. The number of hydrogen-bond donors (Lipinski definition) is 6. The lowest BCUT2D eigenvalue weighted by molar-refractivity contribution is 0.381. The van der Waals surface area contributed by atoms with E-state index in [1.165, 1.54) is 0 Å². The number of ether oxygens (including phenoxy) is 4. The molecule has 0 radical (unpaired) electrons. The second-order valence-electron chi connectivity index (χ2n) is 6.29. The van der Waals surface area contributed by atoms with Crippen molar-refractivity contribution in [2.24, 2.45) is 32.9 Å². The standard InChI is InChI=1S/2C10H15N3O2.H2O4S/c2*1-14-8-3-4-9(15-2)7(5-8)6-13-10(11)12;1-5(2,3)4/h2*3-5H,6H2,1-2H3,(H4,11,12,13);(H2,1,2,3,4). The monoisotopic (exact) mass is 516 g/mol. The molecule has 2 rings (SSSR count). The van der Waals surface area contributed by atoms with Crippen LogP contribution in [0.25, 0.3) is 0 Å². The summed E-state index contributed by atoms with van der Waals surface area (Å²) in [6.45, 7) is 0.755. The molecule has 0 heterocycles. The smallest absolute Gasteiger partial charge is 0.394 e. The number of methoxy groups -OCH3 is 4. The van der Waals surface area contributed by atoms with E-state index in [0.29, 0.717) is 13.1 Å². The number of hydrogen-bond acceptors (Lipinski definition) is 8. The van der Waals surface area contributed by atoms with Gasteiger partial charge >= 0.3 is 10.4 Å². The molecule has 196 valence electrons. The minimum atomic E-state index is -4.67. The van der Waals surface area contributed by atoms with Gasteiger partial charge in [-0.25, -0.2) is 9.98 Å². The summed E-state index contributed by atoms with van der Waals surface area (Å²) in [6.07, 6.45) is 0. The van der Waals surface area contributed by atoms with Gasteiger partial charge in [0, 0.05) is 11.1 Å². The topological polar surface area (TPSA) is 240 Å². The molecule has 2 aromatic rings. The van der Waals surface area contributed by atoms with Gasteiger partial charge in [-0.1, -0.05) is 0 Å². The number of rotatable bonds is 8. The Morgan fingerprint density at radius 2 is 1.03 bits per heavy atom. The highest BCUT2D eigenvalue weighted by Gasteiger charge is 2.05. The number of aliphatic imine (C=N–C) groups is 2. The Hall–Kier alpha value is -3.95. The molecule has 35 heavy (non-hydrogen) atoms. The zero-order chi connectivity index (χ0) is 27.0. The SMILES string of the molecule is COc1ccc(OC)c(CN=C(N)N)c1.COc1ccc(OC)c(CN=C(N)N)c1.O=S(=O)(O)O. The number of benzene rings is 2. The second-order valence-corrected chi connectivity index (χ2v) is 7.18. The molecular formula is C20H32N6O8S. The molecule has 0 aromatic heterocycles. The molecule has 0 fully saturated rings. The molecule has 0 saturated carbocycles. The lowest BCUT2D eigenvalue weighted by Gasteiger charge is -2.08. The predicted molar refractivity (Wildman–Crippen MR) is 132 cm³/mol. The quantitative estimate of drug-likeness (QED) is 0.158. The van der Waals surface area contributed by atoms with Crippen molar-refractivity contribution in [1.82, 2.24) is 0 Å². The zero-order valence-corrected chi connectivity index (χ0v) is 20.7. The van der Waals surface area contributed by atoms with Gasteiger partial charge in [-0.3, -0.25) is 9.11 Å². The molecular weight excluding hydrogens is 484 g/mol. The van der Waals surface area contributed by atoms with Gasteiger partial charge in [0.25, 0.3) is 0 Å². The van der Waals surface area contributed by atoms with E-state index in [1.54, 1.807) is 28.4 Å². The second kappa shape index (κ2) is 15.8. The summed E-state index contributed by atoms with van der Waals surface area (Å²) in [5.41, 5.74) is 22.8. The van der Waals surface area contributed by atoms with Crippen molar-refractivity contribution in [3.63, 3.8) is 0 Å². The van der Waals surface area contributed by atoms with Crippen molar-refractivity contribution in [1.29, 1.82) is 0 Å². The Balaban J connectivity index is 0.000000555. The van der Waals surface area contributed by atoms with Crippen molar-refractivity contribution < 1.29 is 36.5 Å². The molecule has 0 aliphatic heterocycles. The van der Waals surface area contributed by atoms with E-state index in [1.807, 2.05) is 36.4 Å². The van der Waals surface area contributed by atoms with Crippen LogP contribution in [0.4, 0.5) is 0 Å². The molecule has 0 amide bonds. The average Bonchev–Trinajstić information content (AvgIpc) is 2.80. The first-order valence-electron chi connectivity index (χ1n) is 9.57. The molecule has 0 aliphatic carbocycles. The highest BCUT2D eigenvalue weighted by atomic mass is 32.3. The van der Waals surface area contributed by atoms with E-state index in [2.05, 4.69) is 9.98 Å². The van der Waals surface area contributed by atoms with Crippen LogP contribution in [0.3, 0.4) is 0 Å². The summed E-state index contributed by atoms with van der Waals surface area (Å²) in [5.74, 6) is 3.08. The molecule has 0 spiro atoms. The van der Waals surface area contributed by atoms with Crippen molar-refractivity contribution in [3.05, 3.63) is 47.5 Å². The maximum atomic E-state index is 8.74. The van der Waals surface area contributed by atoms with E-state index in [9.17, 15) is 0 Å². The van der Waals surface area contributed by atoms with Crippen molar-refractivity contribution >= 4 is 22.3 Å². The predicted octanol–water partition coefficient (Wildman–Crippen LogP) is 0.302. The summed E-state index contributed by atoms with van der Waals surface area (Å²) in [5, 5.41) is 0. The van der Waals surface area contributed by atoms with E-state index in [0.717, 1.165) is 34.1 Å². The summed E-state index contributed by atoms with van der Waals surface area (Å²) in [4.78, 5) is 7.83. The summed E-state index contributed by atoms with van der Waals surface area (Å²) in [7, 11) is 1.74. The normalized spacial score (nSPS) is 9.77. The van der Waals surface area contributed by atoms with Crippen LogP contribution in [0.15, 0.2) is 46.4 Å². The van der Waals surface area contributed by atoms with E-state index >= 15 is 0 Å². The lowest BCUT2D eigenvalue weighted by Crippen LogP contribution is -2.22. The van der Waals surface area contributed by atoms with Gasteiger partial charge in [0.2, 0.25) is 0 Å². The first-order valence-corrected chi connectivity index (χ1v) is 11.0. The van der Waals surface area contributed by atoms with E-state index in [-0.39, 0.29) is 11.9 Å². The summed E-state index contributed by atoms with van der Waals surface area (Å²) < 4.78 is 52.1. The molecule has 0 unspecified atom stereocenters. The Morgan fingerprint density at radius 1 is 0.714 bits per heavy atom. The third kappa shape index (κ3) is 14.7. The fourth-order valence-electron chi connectivity index (χ4n) is 2.36. The van der Waals surface area contributed by atoms with E-state index in [4.69, 9.17) is 59.4 Å². The molecule has 0 saturated heterocycles. The molecule has 0 bridgehead atoms. The van der Waals surface area contributed by atoms with Crippen LogP contribution in [0.2, 0.25) is 0 Å². The van der Waals surface area contributed by atoms with Crippen LogP contribution in [-0.4, -0.2) is 57.9 Å². The van der Waals surface area contributed by atoms with Gasteiger partial charge in [-0.15, -0.1) is 0 Å². The summed E-state index contributed by atoms with van der Waals surface area (Å²) >= 11 is 0. The van der Waals surface area contributed by atoms with Gasteiger partial charge in [0.1, 0.15) is 23.0 Å².